The average molecular weight is 514 g/mol. The fraction of sp³-hybridized carbons (Fsp3) is 0.406. The summed E-state index contributed by atoms with van der Waals surface area (Å²) in [7, 11) is 0. The quantitative estimate of drug-likeness (QED) is 0.461. The van der Waals surface area contributed by atoms with Gasteiger partial charge in [0.15, 0.2) is 0 Å². The van der Waals surface area contributed by atoms with Crippen molar-refractivity contribution in [1.29, 1.82) is 0 Å². The number of fused-ring (bicyclic) bond motifs is 1. The first kappa shape index (κ1) is 24.7. The zero-order chi connectivity index (χ0) is 25.2. The molecule has 5 heteroatoms. The van der Waals surface area contributed by atoms with E-state index in [1.54, 1.807) is 0 Å². The number of carbonyl (C=O) groups is 1. The summed E-state index contributed by atoms with van der Waals surface area (Å²) in [6.45, 7) is 3.59. The van der Waals surface area contributed by atoms with Crippen LogP contribution in [0.1, 0.15) is 47.9 Å². The monoisotopic (exact) mass is 513 g/mol. The number of piperidine rings is 1. The lowest BCUT2D eigenvalue weighted by Gasteiger charge is -2.51. The zero-order valence-corrected chi connectivity index (χ0v) is 22.0. The Morgan fingerprint density at radius 2 is 1.32 bits per heavy atom. The van der Waals surface area contributed by atoms with Crippen molar-refractivity contribution in [1.82, 2.24) is 15.1 Å². The van der Waals surface area contributed by atoms with Gasteiger partial charge in [-0.05, 0) is 41.9 Å². The fourth-order valence-electron chi connectivity index (χ4n) is 7.05. The summed E-state index contributed by atoms with van der Waals surface area (Å²) in [6.07, 6.45) is 2.92. The summed E-state index contributed by atoms with van der Waals surface area (Å²) < 4.78 is 0. The Labute approximate surface area is 225 Å². The molecule has 1 saturated carbocycles. The number of carbonyl (C=O) groups excluding carboxylic acids is 1. The smallest absolute Gasteiger partial charge is 0.238 e. The molecule has 0 spiro atoms. The van der Waals surface area contributed by atoms with E-state index in [2.05, 4.69) is 106 Å². The average Bonchev–Trinajstić information content (AvgIpc) is 2.95. The van der Waals surface area contributed by atoms with E-state index in [1.807, 2.05) is 0 Å². The fourth-order valence-corrected chi connectivity index (χ4v) is 7.38. The maximum absolute atomic E-state index is 13.7. The summed E-state index contributed by atoms with van der Waals surface area (Å²) in [5.74, 6) is 0.743. The lowest BCUT2D eigenvalue weighted by molar-refractivity contribution is -0.134. The van der Waals surface area contributed by atoms with Crippen LogP contribution in [0.3, 0.4) is 0 Å². The second kappa shape index (κ2) is 11.0. The minimum atomic E-state index is -0.153. The van der Waals surface area contributed by atoms with Gasteiger partial charge in [0, 0.05) is 43.5 Å². The summed E-state index contributed by atoms with van der Waals surface area (Å²) >= 11 is 6.70. The molecule has 5 atom stereocenters. The van der Waals surface area contributed by atoms with Crippen LogP contribution in [0.2, 0.25) is 0 Å². The number of nitrogens with one attached hydrogen (secondary N) is 1. The lowest BCUT2D eigenvalue weighted by atomic mass is 9.67. The third kappa shape index (κ3) is 5.07. The Bertz CT molecular complexity index is 1130. The van der Waals surface area contributed by atoms with Crippen LogP contribution >= 0.6 is 11.6 Å². The van der Waals surface area contributed by atoms with Gasteiger partial charge in [-0.3, -0.25) is 14.6 Å². The minimum Gasteiger partial charge on any atom is -0.352 e. The van der Waals surface area contributed by atoms with E-state index in [9.17, 15) is 4.79 Å². The highest BCUT2D eigenvalue weighted by Gasteiger charge is 2.49. The van der Waals surface area contributed by atoms with Crippen molar-refractivity contribution in [3.63, 3.8) is 0 Å². The third-order valence-electron chi connectivity index (χ3n) is 8.76. The predicted octanol–water partition coefficient (Wildman–Crippen LogP) is 5.45. The van der Waals surface area contributed by atoms with Crippen molar-refractivity contribution in [3.8, 4) is 0 Å². The van der Waals surface area contributed by atoms with E-state index in [0.717, 1.165) is 45.4 Å². The number of nitrogens with zero attached hydrogens (tertiary/aromatic N) is 2. The van der Waals surface area contributed by atoms with Crippen molar-refractivity contribution < 1.29 is 4.79 Å². The highest BCUT2D eigenvalue weighted by atomic mass is 35.5. The SMILES string of the molecule is O=C1NC2CCC(Cl)CC2C(c2ccccc2)C1N1CCN(C(c2ccccc2)c2ccccc2)CC1. The van der Waals surface area contributed by atoms with Gasteiger partial charge >= 0.3 is 0 Å². The molecule has 2 aliphatic heterocycles. The summed E-state index contributed by atoms with van der Waals surface area (Å²) in [5, 5.41) is 3.61. The molecular formula is C32H36ClN3O. The van der Waals surface area contributed by atoms with Crippen molar-refractivity contribution in [2.75, 3.05) is 26.2 Å². The number of rotatable bonds is 5. The van der Waals surface area contributed by atoms with Crippen LogP contribution in [0.4, 0.5) is 0 Å². The van der Waals surface area contributed by atoms with Crippen LogP contribution in [0, 0.1) is 5.92 Å². The van der Waals surface area contributed by atoms with Gasteiger partial charge in [-0.15, -0.1) is 11.6 Å². The molecular weight excluding hydrogens is 478 g/mol. The van der Waals surface area contributed by atoms with Crippen molar-refractivity contribution in [2.24, 2.45) is 5.92 Å². The van der Waals surface area contributed by atoms with Crippen LogP contribution in [0.25, 0.3) is 0 Å². The van der Waals surface area contributed by atoms with E-state index in [-0.39, 0.29) is 35.3 Å². The summed E-state index contributed by atoms with van der Waals surface area (Å²) in [6, 6.07) is 32.6. The first-order valence-electron chi connectivity index (χ1n) is 13.8. The van der Waals surface area contributed by atoms with Crippen LogP contribution in [0.5, 0.6) is 0 Å². The van der Waals surface area contributed by atoms with E-state index in [1.165, 1.54) is 16.7 Å². The van der Waals surface area contributed by atoms with Gasteiger partial charge in [0.05, 0.1) is 12.1 Å². The molecule has 3 fully saturated rings. The van der Waals surface area contributed by atoms with Crippen molar-refractivity contribution in [2.45, 2.75) is 48.7 Å². The largest absolute Gasteiger partial charge is 0.352 e. The Morgan fingerprint density at radius 3 is 1.92 bits per heavy atom. The maximum Gasteiger partial charge on any atom is 0.238 e. The molecule has 0 bridgehead atoms. The Balaban J connectivity index is 1.26. The predicted molar refractivity (Wildman–Crippen MR) is 150 cm³/mol. The van der Waals surface area contributed by atoms with E-state index in [4.69, 9.17) is 11.6 Å². The lowest BCUT2D eigenvalue weighted by Crippen LogP contribution is -2.65. The van der Waals surface area contributed by atoms with Gasteiger partial charge in [-0.2, -0.15) is 0 Å². The highest BCUT2D eigenvalue weighted by Crippen LogP contribution is 2.44. The first-order valence-corrected chi connectivity index (χ1v) is 14.2. The van der Waals surface area contributed by atoms with Gasteiger partial charge in [0.25, 0.3) is 0 Å². The topological polar surface area (TPSA) is 35.6 Å². The van der Waals surface area contributed by atoms with Crippen LogP contribution < -0.4 is 5.32 Å². The summed E-state index contributed by atoms with van der Waals surface area (Å²) in [4.78, 5) is 18.7. The van der Waals surface area contributed by atoms with Crippen molar-refractivity contribution >= 4 is 17.5 Å². The maximum atomic E-state index is 13.7. The van der Waals surface area contributed by atoms with E-state index in [0.29, 0.717) is 5.92 Å². The van der Waals surface area contributed by atoms with E-state index >= 15 is 0 Å². The highest BCUT2D eigenvalue weighted by molar-refractivity contribution is 6.20. The number of alkyl halides is 1. The molecule has 5 unspecified atom stereocenters. The third-order valence-corrected chi connectivity index (χ3v) is 9.15. The number of hydrogen-bond donors (Lipinski definition) is 1. The molecule has 37 heavy (non-hydrogen) atoms. The molecule has 0 radical (unpaired) electrons. The standard InChI is InChI=1S/C32H36ClN3O/c33-26-16-17-28-27(22-26)29(23-10-4-1-5-11-23)31(32(37)34-28)36-20-18-35(19-21-36)30(24-12-6-2-7-13-24)25-14-8-3-9-15-25/h1-15,26-31H,16-22H2,(H,34,37). The Hall–Kier alpha value is -2.66. The molecule has 2 heterocycles. The van der Waals surface area contributed by atoms with Gasteiger partial charge < -0.3 is 5.32 Å². The molecule has 192 valence electrons. The molecule has 3 aliphatic rings. The Kier molecular flexibility index (Phi) is 7.32. The minimum absolute atomic E-state index is 0.153. The molecule has 1 N–H and O–H groups in total. The van der Waals surface area contributed by atoms with Crippen LogP contribution in [-0.2, 0) is 4.79 Å². The second-order valence-corrected chi connectivity index (χ2v) is 11.5. The zero-order valence-electron chi connectivity index (χ0n) is 21.3. The molecule has 1 amide bonds. The number of halogens is 1. The number of benzene rings is 3. The number of piperazine rings is 1. The van der Waals surface area contributed by atoms with E-state index < -0.39 is 0 Å². The van der Waals surface area contributed by atoms with Crippen LogP contribution in [0.15, 0.2) is 91.0 Å². The molecule has 6 rings (SSSR count). The molecule has 3 aromatic carbocycles. The second-order valence-electron chi connectivity index (χ2n) is 10.9. The Morgan fingerprint density at radius 1 is 0.757 bits per heavy atom. The number of hydrogen-bond acceptors (Lipinski definition) is 3. The first-order chi connectivity index (χ1) is 18.2. The normalized spacial score (nSPS) is 29.0. The van der Waals surface area contributed by atoms with Crippen LogP contribution in [-0.4, -0.2) is 59.3 Å². The van der Waals surface area contributed by atoms with Crippen molar-refractivity contribution in [3.05, 3.63) is 108 Å². The molecule has 4 nitrogen and oxygen atoms in total. The molecule has 3 aromatic rings. The van der Waals surface area contributed by atoms with Gasteiger partial charge in [-0.1, -0.05) is 91.0 Å². The number of amides is 1. The van der Waals surface area contributed by atoms with Gasteiger partial charge in [-0.25, -0.2) is 0 Å². The summed E-state index contributed by atoms with van der Waals surface area (Å²) in [5.41, 5.74) is 3.91. The molecule has 0 aromatic heterocycles. The van der Waals surface area contributed by atoms with Gasteiger partial charge in [0.1, 0.15) is 0 Å². The molecule has 1 aliphatic carbocycles. The molecule has 2 saturated heterocycles. The van der Waals surface area contributed by atoms with Gasteiger partial charge in [0.2, 0.25) is 5.91 Å².